The number of sulfonamides is 1. The van der Waals surface area contributed by atoms with Crippen LogP contribution in [0.2, 0.25) is 0 Å². The minimum Gasteiger partial charge on any atom is -0.619 e. The third kappa shape index (κ3) is 4.90. The summed E-state index contributed by atoms with van der Waals surface area (Å²) in [5.41, 5.74) is 1.13. The Balaban J connectivity index is 1.52. The summed E-state index contributed by atoms with van der Waals surface area (Å²) in [6.45, 7) is 2.18. The van der Waals surface area contributed by atoms with Gasteiger partial charge in [0.05, 0.1) is 10.5 Å². The number of hydrogen-bond acceptors (Lipinski definition) is 6. The van der Waals surface area contributed by atoms with E-state index >= 15 is 0 Å². The number of esters is 1. The van der Waals surface area contributed by atoms with Gasteiger partial charge >= 0.3 is 5.97 Å². The highest BCUT2D eigenvalue weighted by Gasteiger charge is 2.30. The molecule has 1 aliphatic heterocycles. The van der Waals surface area contributed by atoms with Gasteiger partial charge in [-0.1, -0.05) is 17.7 Å². The van der Waals surface area contributed by atoms with E-state index in [0.717, 1.165) is 18.0 Å². The molecule has 0 radical (unpaired) electrons. The van der Waals surface area contributed by atoms with Crippen molar-refractivity contribution < 1.29 is 27.5 Å². The molecular weight excluding hydrogens is 398 g/mol. The van der Waals surface area contributed by atoms with Crippen molar-refractivity contribution in [1.29, 1.82) is 0 Å². The van der Waals surface area contributed by atoms with Gasteiger partial charge in [-0.05, 0) is 19.1 Å². The molecule has 0 N–H and O–H groups in total. The molecule has 1 aliphatic rings. The molecule has 0 spiro atoms. The Labute approximate surface area is 168 Å². The number of benzene rings is 1. The van der Waals surface area contributed by atoms with E-state index in [-0.39, 0.29) is 36.6 Å². The Morgan fingerprint density at radius 2 is 1.62 bits per heavy atom. The van der Waals surface area contributed by atoms with Crippen LogP contribution in [-0.2, 0) is 19.6 Å². The van der Waals surface area contributed by atoms with Crippen LogP contribution in [0.3, 0.4) is 0 Å². The molecule has 9 nitrogen and oxygen atoms in total. The fourth-order valence-electron chi connectivity index (χ4n) is 2.89. The van der Waals surface area contributed by atoms with Gasteiger partial charge in [-0.2, -0.15) is 9.04 Å². The van der Waals surface area contributed by atoms with Crippen LogP contribution >= 0.6 is 0 Å². The molecule has 0 atom stereocenters. The molecular formula is C19H21N3O6S. The van der Waals surface area contributed by atoms with Crippen LogP contribution in [0.25, 0.3) is 0 Å². The molecule has 0 bridgehead atoms. The zero-order valence-corrected chi connectivity index (χ0v) is 16.7. The molecule has 1 saturated heterocycles. The van der Waals surface area contributed by atoms with Crippen molar-refractivity contribution in [3.63, 3.8) is 0 Å². The lowest BCUT2D eigenvalue weighted by Crippen LogP contribution is -2.51. The summed E-state index contributed by atoms with van der Waals surface area (Å²) in [5, 5.41) is 11.0. The van der Waals surface area contributed by atoms with E-state index in [9.17, 15) is 23.2 Å². The van der Waals surface area contributed by atoms with E-state index in [1.54, 1.807) is 24.3 Å². The number of piperazine rings is 1. The fourth-order valence-corrected chi connectivity index (χ4v) is 4.31. The molecule has 1 aromatic carbocycles. The van der Waals surface area contributed by atoms with Crippen molar-refractivity contribution >= 4 is 21.9 Å². The van der Waals surface area contributed by atoms with Gasteiger partial charge in [0.25, 0.3) is 5.91 Å². The minimum absolute atomic E-state index is 0.165. The predicted octanol–water partition coefficient (Wildman–Crippen LogP) is 0.318. The first kappa shape index (κ1) is 20.7. The van der Waals surface area contributed by atoms with E-state index in [2.05, 4.69) is 0 Å². The minimum atomic E-state index is -3.61. The molecule has 1 amide bonds. The highest BCUT2D eigenvalue weighted by atomic mass is 32.2. The first-order valence-corrected chi connectivity index (χ1v) is 10.4. The van der Waals surface area contributed by atoms with Crippen molar-refractivity contribution in [2.45, 2.75) is 11.8 Å². The lowest BCUT2D eigenvalue weighted by molar-refractivity contribution is -0.605. The normalized spacial score (nSPS) is 15.1. The molecule has 2 aromatic rings. The lowest BCUT2D eigenvalue weighted by atomic mass is 10.2. The summed E-state index contributed by atoms with van der Waals surface area (Å²) in [7, 11) is -3.61. The quantitative estimate of drug-likeness (QED) is 0.392. The van der Waals surface area contributed by atoms with Crippen LogP contribution in [-0.4, -0.2) is 62.3 Å². The van der Waals surface area contributed by atoms with E-state index < -0.39 is 28.5 Å². The number of nitrogens with zero attached hydrogens (tertiary/aromatic N) is 3. The number of aromatic nitrogens is 1. The van der Waals surface area contributed by atoms with Gasteiger partial charge in [0.15, 0.2) is 19.0 Å². The SMILES string of the molecule is Cc1ccc(S(=O)(=O)N2CCN(C(=O)COC(=O)c3cc[n+]([O-])cc3)CC2)cc1. The van der Waals surface area contributed by atoms with Gasteiger partial charge in [-0.15, -0.1) is 0 Å². The summed E-state index contributed by atoms with van der Waals surface area (Å²) in [4.78, 5) is 25.9. The summed E-state index contributed by atoms with van der Waals surface area (Å²) < 4.78 is 32.3. The number of carbonyl (C=O) groups is 2. The van der Waals surface area contributed by atoms with Crippen LogP contribution in [0.1, 0.15) is 15.9 Å². The van der Waals surface area contributed by atoms with Crippen molar-refractivity contribution in [2.24, 2.45) is 0 Å². The Morgan fingerprint density at radius 1 is 1.03 bits per heavy atom. The van der Waals surface area contributed by atoms with Gasteiger partial charge in [-0.3, -0.25) is 4.79 Å². The molecule has 154 valence electrons. The largest absolute Gasteiger partial charge is 0.619 e. The Bertz CT molecular complexity index is 982. The van der Waals surface area contributed by atoms with Gasteiger partial charge in [0, 0.05) is 38.3 Å². The Kier molecular flexibility index (Phi) is 6.14. The maximum atomic E-state index is 12.7. The maximum absolute atomic E-state index is 12.7. The first-order valence-electron chi connectivity index (χ1n) is 8.98. The zero-order valence-electron chi connectivity index (χ0n) is 15.9. The molecule has 29 heavy (non-hydrogen) atoms. The smallest absolute Gasteiger partial charge is 0.339 e. The van der Waals surface area contributed by atoms with Gasteiger partial charge < -0.3 is 14.8 Å². The van der Waals surface area contributed by atoms with Crippen molar-refractivity contribution in [1.82, 2.24) is 9.21 Å². The molecule has 1 fully saturated rings. The van der Waals surface area contributed by atoms with Crippen LogP contribution < -0.4 is 4.73 Å². The number of pyridine rings is 1. The van der Waals surface area contributed by atoms with Gasteiger partial charge in [0.2, 0.25) is 10.0 Å². The number of hydrogen-bond donors (Lipinski definition) is 0. The molecule has 3 rings (SSSR count). The van der Waals surface area contributed by atoms with Crippen molar-refractivity contribution in [2.75, 3.05) is 32.8 Å². The summed E-state index contributed by atoms with van der Waals surface area (Å²) in [5.74, 6) is -1.11. The number of aryl methyl sites for hydroxylation is 1. The highest BCUT2D eigenvalue weighted by Crippen LogP contribution is 2.18. The van der Waals surface area contributed by atoms with E-state index in [0.29, 0.717) is 4.73 Å². The second-order valence-corrected chi connectivity index (χ2v) is 8.56. The second-order valence-electron chi connectivity index (χ2n) is 6.62. The molecule has 0 aliphatic carbocycles. The van der Waals surface area contributed by atoms with Crippen LogP contribution in [0.5, 0.6) is 0 Å². The fraction of sp³-hybridized carbons (Fsp3) is 0.316. The number of carbonyl (C=O) groups excluding carboxylic acids is 2. The molecule has 2 heterocycles. The number of ether oxygens (including phenoxy) is 1. The standard InChI is InChI=1S/C19H21N3O6S/c1-15-2-4-17(5-3-15)29(26,27)22-12-10-20(11-13-22)18(23)14-28-19(24)16-6-8-21(25)9-7-16/h2-9H,10-14H2,1H3. The van der Waals surface area contributed by atoms with Crippen LogP contribution in [0.4, 0.5) is 0 Å². The van der Waals surface area contributed by atoms with Crippen LogP contribution in [0.15, 0.2) is 53.7 Å². The average molecular weight is 419 g/mol. The number of amides is 1. The molecule has 1 aromatic heterocycles. The Morgan fingerprint density at radius 3 is 2.21 bits per heavy atom. The summed E-state index contributed by atoms with van der Waals surface area (Å²) in [6.07, 6.45) is 2.32. The second kappa shape index (κ2) is 8.58. The van der Waals surface area contributed by atoms with E-state index in [1.165, 1.54) is 21.3 Å². The third-order valence-electron chi connectivity index (χ3n) is 4.61. The molecule has 0 unspecified atom stereocenters. The number of rotatable bonds is 5. The van der Waals surface area contributed by atoms with Crippen LogP contribution in [0, 0.1) is 12.1 Å². The summed E-state index contributed by atoms with van der Waals surface area (Å²) in [6, 6.07) is 9.22. The Hall–Kier alpha value is -2.98. The van der Waals surface area contributed by atoms with E-state index in [4.69, 9.17) is 4.74 Å². The zero-order chi connectivity index (χ0) is 21.0. The van der Waals surface area contributed by atoms with Gasteiger partial charge in [0.1, 0.15) is 0 Å². The van der Waals surface area contributed by atoms with Gasteiger partial charge in [-0.25, -0.2) is 13.2 Å². The monoisotopic (exact) mass is 419 g/mol. The lowest BCUT2D eigenvalue weighted by Gasteiger charge is -2.33. The summed E-state index contributed by atoms with van der Waals surface area (Å²) >= 11 is 0. The molecule has 10 heteroatoms. The topological polar surface area (TPSA) is 111 Å². The third-order valence-corrected chi connectivity index (χ3v) is 6.53. The van der Waals surface area contributed by atoms with E-state index in [1.807, 2.05) is 6.92 Å². The van der Waals surface area contributed by atoms with Crippen molar-refractivity contribution in [3.8, 4) is 0 Å². The highest BCUT2D eigenvalue weighted by molar-refractivity contribution is 7.89. The predicted molar refractivity (Wildman–Crippen MR) is 102 cm³/mol. The average Bonchev–Trinajstić information content (AvgIpc) is 2.72. The molecule has 0 saturated carbocycles. The first-order chi connectivity index (χ1) is 13.8. The maximum Gasteiger partial charge on any atom is 0.339 e. The van der Waals surface area contributed by atoms with Crippen molar-refractivity contribution in [3.05, 3.63) is 65.1 Å².